The molecule has 0 heterocycles. The molecule has 0 spiro atoms. The van der Waals surface area contributed by atoms with Crippen molar-refractivity contribution in [3.8, 4) is 0 Å². The van der Waals surface area contributed by atoms with Gasteiger partial charge in [-0.15, -0.1) is 6.58 Å². The van der Waals surface area contributed by atoms with Gasteiger partial charge in [0.2, 0.25) is 0 Å². The van der Waals surface area contributed by atoms with Gasteiger partial charge in [-0.05, 0) is 19.5 Å². The van der Waals surface area contributed by atoms with E-state index in [1.807, 2.05) is 0 Å². The van der Waals surface area contributed by atoms with Crippen molar-refractivity contribution in [1.29, 1.82) is 0 Å². The summed E-state index contributed by atoms with van der Waals surface area (Å²) in [5, 5.41) is 0. The predicted molar refractivity (Wildman–Crippen MR) is 55.2 cm³/mol. The summed E-state index contributed by atoms with van der Waals surface area (Å²) in [6.07, 6.45) is 1.25. The monoisotopic (exact) mass is 171 g/mol. The van der Waals surface area contributed by atoms with Crippen LogP contribution in [0.3, 0.4) is 0 Å². The lowest BCUT2D eigenvalue weighted by atomic mass is 10.5. The van der Waals surface area contributed by atoms with Crippen molar-refractivity contribution in [3.63, 3.8) is 0 Å². The Morgan fingerprint density at radius 3 is 2.18 bits per heavy atom. The highest BCUT2D eigenvalue weighted by Crippen LogP contribution is 2.10. The molecule has 0 saturated carbocycles. The zero-order valence-corrected chi connectivity index (χ0v) is 9.35. The van der Waals surface area contributed by atoms with E-state index in [9.17, 15) is 0 Å². The Morgan fingerprint density at radius 1 is 1.36 bits per heavy atom. The molecule has 66 valence electrons. The molecule has 0 aromatic heterocycles. The number of hydrogen-bond acceptors (Lipinski definition) is 1. The Hall–Kier alpha value is -0.0831. The summed E-state index contributed by atoms with van der Waals surface area (Å²) in [6, 6.07) is 0. The van der Waals surface area contributed by atoms with Gasteiger partial charge in [-0.2, -0.15) is 0 Å². The Balaban J connectivity index is 4.10. The van der Waals surface area contributed by atoms with E-state index in [1.54, 1.807) is 0 Å². The summed E-state index contributed by atoms with van der Waals surface area (Å²) < 4.78 is 2.57. The van der Waals surface area contributed by atoms with Crippen LogP contribution in [0.5, 0.6) is 0 Å². The lowest BCUT2D eigenvalue weighted by Crippen LogP contribution is -2.47. The maximum atomic E-state index is 3.90. The van der Waals surface area contributed by atoms with Crippen molar-refractivity contribution in [3.05, 3.63) is 12.3 Å². The fourth-order valence-corrected chi connectivity index (χ4v) is 3.13. The van der Waals surface area contributed by atoms with Crippen LogP contribution in [-0.2, 0) is 0 Å². The van der Waals surface area contributed by atoms with Crippen molar-refractivity contribution in [2.75, 3.05) is 13.1 Å². The van der Waals surface area contributed by atoms with Crippen LogP contribution < -0.4 is 0 Å². The van der Waals surface area contributed by atoms with E-state index in [1.165, 1.54) is 19.5 Å². The third-order valence-corrected chi connectivity index (χ3v) is 5.36. The molecule has 0 bridgehead atoms. The minimum atomic E-state index is -1.23. The summed E-state index contributed by atoms with van der Waals surface area (Å²) in [7, 11) is -1.23. The molecule has 0 radical (unpaired) electrons. The van der Waals surface area contributed by atoms with Gasteiger partial charge < -0.3 is 4.57 Å². The lowest BCUT2D eigenvalue weighted by molar-refractivity contribution is 0.447. The maximum absolute atomic E-state index is 3.90. The molecule has 0 amide bonds. The molecular formula is C9H21NSi. The Kier molecular flexibility index (Phi) is 4.69. The maximum Gasteiger partial charge on any atom is 0.146 e. The predicted octanol–water partition coefficient (Wildman–Crippen LogP) is 2.65. The Bertz CT molecular complexity index is 121. The molecule has 0 N–H and O–H groups in total. The molecule has 0 saturated heterocycles. The molecule has 11 heavy (non-hydrogen) atoms. The minimum absolute atomic E-state index is 1.17. The van der Waals surface area contributed by atoms with Crippen molar-refractivity contribution in [1.82, 2.24) is 4.57 Å². The Labute approximate surface area is 72.2 Å². The topological polar surface area (TPSA) is 3.24 Å². The van der Waals surface area contributed by atoms with Crippen LogP contribution in [0.4, 0.5) is 0 Å². The highest BCUT2D eigenvalue weighted by molar-refractivity contribution is 6.79. The van der Waals surface area contributed by atoms with E-state index in [0.29, 0.717) is 0 Å². The average molecular weight is 171 g/mol. The highest BCUT2D eigenvalue weighted by Gasteiger charge is 2.23. The molecule has 0 fully saturated rings. The first-order valence-corrected chi connectivity index (χ1v) is 7.49. The van der Waals surface area contributed by atoms with Gasteiger partial charge in [0.1, 0.15) is 8.24 Å². The van der Waals surface area contributed by atoms with Crippen LogP contribution in [0.25, 0.3) is 0 Å². The standard InChI is InChI=1S/C9H21NSi/c1-6-9-10(7-2)11(4,5)8-3/h8H,3,6-7,9H2,1-2,4-5H3. The quantitative estimate of drug-likeness (QED) is 0.575. The number of rotatable bonds is 5. The van der Waals surface area contributed by atoms with Crippen molar-refractivity contribution in [2.24, 2.45) is 0 Å². The van der Waals surface area contributed by atoms with E-state index < -0.39 is 8.24 Å². The number of hydrogen-bond donors (Lipinski definition) is 0. The van der Waals surface area contributed by atoms with Gasteiger partial charge in [0.15, 0.2) is 0 Å². The molecule has 0 atom stereocenters. The molecule has 1 nitrogen and oxygen atoms in total. The molecule has 0 rings (SSSR count). The van der Waals surface area contributed by atoms with Crippen molar-refractivity contribution >= 4 is 8.24 Å². The van der Waals surface area contributed by atoms with Crippen molar-refractivity contribution in [2.45, 2.75) is 33.4 Å². The van der Waals surface area contributed by atoms with Gasteiger partial charge in [0.25, 0.3) is 0 Å². The number of nitrogens with zero attached hydrogens (tertiary/aromatic N) is 1. The van der Waals surface area contributed by atoms with Gasteiger partial charge >= 0.3 is 0 Å². The third kappa shape index (κ3) is 3.21. The summed E-state index contributed by atoms with van der Waals surface area (Å²) in [5.41, 5.74) is 2.16. The van der Waals surface area contributed by atoms with Crippen LogP contribution in [0.2, 0.25) is 13.1 Å². The van der Waals surface area contributed by atoms with E-state index in [0.717, 1.165) is 0 Å². The molecule has 0 aromatic carbocycles. The largest absolute Gasteiger partial charge is 0.321 e. The average Bonchev–Trinajstić information content (AvgIpc) is 2.00. The van der Waals surface area contributed by atoms with Crippen molar-refractivity contribution < 1.29 is 0 Å². The van der Waals surface area contributed by atoms with E-state index in [4.69, 9.17) is 0 Å². The van der Waals surface area contributed by atoms with Crippen LogP contribution in [-0.4, -0.2) is 25.9 Å². The van der Waals surface area contributed by atoms with Crippen LogP contribution in [0.1, 0.15) is 20.3 Å². The third-order valence-electron chi connectivity index (χ3n) is 2.19. The van der Waals surface area contributed by atoms with Gasteiger partial charge in [0.05, 0.1) is 0 Å². The van der Waals surface area contributed by atoms with Gasteiger partial charge in [-0.25, -0.2) is 0 Å². The second-order valence-corrected chi connectivity index (χ2v) is 7.79. The molecular weight excluding hydrogens is 150 g/mol. The van der Waals surface area contributed by atoms with Gasteiger partial charge in [0, 0.05) is 0 Å². The lowest BCUT2D eigenvalue weighted by Gasteiger charge is -2.33. The molecule has 0 unspecified atom stereocenters. The summed E-state index contributed by atoms with van der Waals surface area (Å²) in [4.78, 5) is 0. The fourth-order valence-electron chi connectivity index (χ4n) is 1.25. The van der Waals surface area contributed by atoms with Gasteiger partial charge in [-0.3, -0.25) is 0 Å². The minimum Gasteiger partial charge on any atom is -0.321 e. The molecule has 0 aromatic rings. The second-order valence-electron chi connectivity index (χ2n) is 3.44. The smallest absolute Gasteiger partial charge is 0.146 e. The molecule has 0 aliphatic rings. The van der Waals surface area contributed by atoms with Crippen LogP contribution >= 0.6 is 0 Å². The molecule has 0 aliphatic carbocycles. The normalized spacial score (nSPS) is 12.1. The van der Waals surface area contributed by atoms with Gasteiger partial charge in [-0.1, -0.05) is 32.6 Å². The SMILES string of the molecule is C=C[Si](C)(C)N(CC)CCC. The van der Waals surface area contributed by atoms with E-state index >= 15 is 0 Å². The second kappa shape index (κ2) is 4.73. The van der Waals surface area contributed by atoms with E-state index in [2.05, 4.69) is 43.8 Å². The van der Waals surface area contributed by atoms with Crippen LogP contribution in [0, 0.1) is 0 Å². The summed E-state index contributed by atoms with van der Waals surface area (Å²) in [6.45, 7) is 15.4. The zero-order valence-electron chi connectivity index (χ0n) is 8.35. The Morgan fingerprint density at radius 2 is 1.91 bits per heavy atom. The first-order valence-electron chi connectivity index (χ1n) is 4.47. The van der Waals surface area contributed by atoms with E-state index in [-0.39, 0.29) is 0 Å². The fraction of sp³-hybridized carbons (Fsp3) is 0.778. The molecule has 2 heteroatoms. The molecule has 0 aliphatic heterocycles. The summed E-state index contributed by atoms with van der Waals surface area (Å²) >= 11 is 0. The highest BCUT2D eigenvalue weighted by atomic mass is 28.3. The van der Waals surface area contributed by atoms with Crippen LogP contribution in [0.15, 0.2) is 12.3 Å². The zero-order chi connectivity index (χ0) is 8.91. The summed E-state index contributed by atoms with van der Waals surface area (Å²) in [5.74, 6) is 0. The first kappa shape index (κ1) is 10.9. The first-order chi connectivity index (χ1) is 5.08.